The third kappa shape index (κ3) is 4.46. The summed E-state index contributed by atoms with van der Waals surface area (Å²) in [4.78, 5) is 0. The van der Waals surface area contributed by atoms with E-state index >= 15 is 0 Å². The van der Waals surface area contributed by atoms with E-state index in [9.17, 15) is 0 Å². The van der Waals surface area contributed by atoms with E-state index in [1.165, 1.54) is 95.3 Å². The largest absolute Gasteiger partial charge is 0.308 e. The molecule has 5 aromatic carbocycles. The average molecular weight is 693 g/mol. The second-order valence-electron chi connectivity index (χ2n) is 15.7. The van der Waals surface area contributed by atoms with Crippen LogP contribution >= 0.6 is 22.7 Å². The molecule has 2 nitrogen and oxygen atoms in total. The van der Waals surface area contributed by atoms with Gasteiger partial charge in [0, 0.05) is 42.3 Å². The Balaban J connectivity index is 1.39. The molecule has 0 spiro atoms. The average Bonchev–Trinajstić information content (AvgIpc) is 3.76. The standard InChI is InChI=1S/C42H40N2S2Si2/c1-25-9-13-27(14-10-25)43-35-21-29(47(3,4)5)17-19-31(35)41-39(43)33-23-38-34(24-37(33)45-41)40-42(46-38)32-20-18-30(48(6,7)8)22-36(32)44(40)28-15-11-26(2)12-16-28/h9-24H,1-8H3. The van der Waals surface area contributed by atoms with Crippen molar-refractivity contribution in [3.8, 4) is 11.4 Å². The first-order chi connectivity index (χ1) is 22.9. The number of hydrogen-bond acceptors (Lipinski definition) is 2. The first-order valence-corrected chi connectivity index (χ1v) is 25.6. The molecule has 0 amide bonds. The van der Waals surface area contributed by atoms with Gasteiger partial charge in [0.05, 0.1) is 47.6 Å². The van der Waals surface area contributed by atoms with Crippen molar-refractivity contribution in [3.05, 3.63) is 108 Å². The van der Waals surface area contributed by atoms with Crippen LogP contribution in [-0.2, 0) is 0 Å². The van der Waals surface area contributed by atoms with Gasteiger partial charge in [-0.1, -0.05) is 109 Å². The Morgan fingerprint density at radius 3 is 1.17 bits per heavy atom. The number of aromatic nitrogens is 2. The third-order valence-electron chi connectivity index (χ3n) is 10.2. The normalized spacial score (nSPS) is 13.0. The molecule has 9 rings (SSSR count). The predicted molar refractivity (Wildman–Crippen MR) is 221 cm³/mol. The summed E-state index contributed by atoms with van der Waals surface area (Å²) in [5.74, 6) is 0. The van der Waals surface area contributed by atoms with Crippen LogP contribution in [0.15, 0.2) is 97.1 Å². The Bertz CT molecular complexity index is 2550. The van der Waals surface area contributed by atoms with Gasteiger partial charge in [0.2, 0.25) is 0 Å². The van der Waals surface area contributed by atoms with Crippen molar-refractivity contribution in [1.29, 1.82) is 0 Å². The molecule has 0 saturated carbocycles. The van der Waals surface area contributed by atoms with E-state index in [0.717, 1.165) is 0 Å². The monoisotopic (exact) mass is 692 g/mol. The summed E-state index contributed by atoms with van der Waals surface area (Å²) in [6, 6.07) is 37.7. The zero-order chi connectivity index (χ0) is 33.3. The third-order valence-corrected chi connectivity index (χ3v) is 16.6. The highest BCUT2D eigenvalue weighted by Gasteiger charge is 2.25. The molecule has 6 heteroatoms. The van der Waals surface area contributed by atoms with Crippen LogP contribution in [0.5, 0.6) is 0 Å². The molecular formula is C42H40N2S2Si2. The molecule has 0 aliphatic heterocycles. The fourth-order valence-corrected chi connectivity index (χ4v) is 12.2. The van der Waals surface area contributed by atoms with Gasteiger partial charge in [0.1, 0.15) is 0 Å². The molecule has 0 radical (unpaired) electrons. The van der Waals surface area contributed by atoms with Gasteiger partial charge in [0.25, 0.3) is 0 Å². The quantitative estimate of drug-likeness (QED) is 0.163. The van der Waals surface area contributed by atoms with Gasteiger partial charge in [-0.25, -0.2) is 0 Å². The molecule has 0 saturated heterocycles. The smallest absolute Gasteiger partial charge is 0.0776 e. The van der Waals surface area contributed by atoms with Crippen molar-refractivity contribution in [1.82, 2.24) is 9.13 Å². The van der Waals surface area contributed by atoms with Crippen LogP contribution in [0.2, 0.25) is 39.3 Å². The maximum absolute atomic E-state index is 2.55. The summed E-state index contributed by atoms with van der Waals surface area (Å²) in [6.45, 7) is 19.0. The maximum Gasteiger partial charge on any atom is 0.0776 e. The van der Waals surface area contributed by atoms with Crippen molar-refractivity contribution in [2.75, 3.05) is 0 Å². The molecule has 9 aromatic rings. The lowest BCUT2D eigenvalue weighted by Gasteiger charge is -2.17. The fraction of sp³-hybridized carbons (Fsp3) is 0.190. The van der Waals surface area contributed by atoms with Crippen molar-refractivity contribution in [2.24, 2.45) is 0 Å². The molecule has 4 aromatic heterocycles. The van der Waals surface area contributed by atoms with E-state index in [0.29, 0.717) is 0 Å². The summed E-state index contributed by atoms with van der Waals surface area (Å²) in [7, 11) is -2.99. The molecule has 0 aliphatic carbocycles. The zero-order valence-corrected chi connectivity index (χ0v) is 32.6. The number of thiophene rings is 2. The summed E-state index contributed by atoms with van der Waals surface area (Å²) in [5.41, 5.74) is 10.4. The molecule has 0 atom stereocenters. The minimum absolute atomic E-state index is 1.24. The van der Waals surface area contributed by atoms with Crippen LogP contribution in [0, 0.1) is 13.8 Å². The molecule has 0 bridgehead atoms. The predicted octanol–water partition coefficient (Wildman–Crippen LogP) is 12.0. The highest BCUT2D eigenvalue weighted by Crippen LogP contribution is 2.48. The number of aryl methyl sites for hydroxylation is 2. The van der Waals surface area contributed by atoms with Gasteiger partial charge in [0.15, 0.2) is 0 Å². The molecule has 0 N–H and O–H groups in total. The second kappa shape index (κ2) is 10.3. The number of hydrogen-bond donors (Lipinski definition) is 0. The number of rotatable bonds is 4. The van der Waals surface area contributed by atoms with Crippen LogP contribution < -0.4 is 10.4 Å². The van der Waals surface area contributed by atoms with E-state index < -0.39 is 16.1 Å². The summed E-state index contributed by atoms with van der Waals surface area (Å²) < 4.78 is 10.6. The van der Waals surface area contributed by atoms with Crippen LogP contribution in [0.4, 0.5) is 0 Å². The Morgan fingerprint density at radius 1 is 0.438 bits per heavy atom. The Labute approximate surface area is 291 Å². The van der Waals surface area contributed by atoms with Crippen molar-refractivity contribution in [3.63, 3.8) is 0 Å². The second-order valence-corrected chi connectivity index (χ2v) is 28.0. The van der Waals surface area contributed by atoms with Gasteiger partial charge in [-0.05, 0) is 62.4 Å². The molecule has 238 valence electrons. The minimum atomic E-state index is -1.49. The first-order valence-electron chi connectivity index (χ1n) is 16.9. The lowest BCUT2D eigenvalue weighted by Crippen LogP contribution is -2.37. The van der Waals surface area contributed by atoms with Crippen LogP contribution in [0.3, 0.4) is 0 Å². The Kier molecular flexibility index (Phi) is 6.46. The molecule has 0 fully saturated rings. The van der Waals surface area contributed by atoms with E-state index in [4.69, 9.17) is 0 Å². The van der Waals surface area contributed by atoms with Gasteiger partial charge in [-0.3, -0.25) is 0 Å². The molecule has 48 heavy (non-hydrogen) atoms. The van der Waals surface area contributed by atoms with Crippen molar-refractivity contribution < 1.29 is 0 Å². The highest BCUT2D eigenvalue weighted by atomic mass is 32.1. The van der Waals surface area contributed by atoms with E-state index in [1.54, 1.807) is 0 Å². The van der Waals surface area contributed by atoms with Gasteiger partial charge in [-0.2, -0.15) is 0 Å². The SMILES string of the molecule is Cc1ccc(-n2c3cc([Si](C)(C)C)ccc3c3sc4cc5c(cc4c32)sc2c3ccc([Si](C)(C)C)cc3n(-c3ccc(C)cc3)c52)cc1. The van der Waals surface area contributed by atoms with E-state index in [2.05, 4.69) is 159 Å². The van der Waals surface area contributed by atoms with Crippen LogP contribution in [0.1, 0.15) is 11.1 Å². The number of benzene rings is 5. The summed E-state index contributed by atoms with van der Waals surface area (Å²) in [5, 5.41) is 8.42. The molecule has 4 heterocycles. The van der Waals surface area contributed by atoms with Crippen molar-refractivity contribution in [2.45, 2.75) is 53.1 Å². The van der Waals surface area contributed by atoms with Gasteiger partial charge >= 0.3 is 0 Å². The minimum Gasteiger partial charge on any atom is -0.308 e. The Morgan fingerprint density at radius 2 is 0.812 bits per heavy atom. The molecule has 0 aliphatic rings. The van der Waals surface area contributed by atoms with Gasteiger partial charge in [-0.15, -0.1) is 22.7 Å². The number of nitrogens with zero attached hydrogens (tertiary/aromatic N) is 2. The first kappa shape index (κ1) is 30.1. The van der Waals surface area contributed by atoms with E-state index in [1.807, 2.05) is 22.7 Å². The molecular weight excluding hydrogens is 653 g/mol. The topological polar surface area (TPSA) is 9.86 Å². The zero-order valence-electron chi connectivity index (χ0n) is 28.9. The maximum atomic E-state index is 2.55. The van der Waals surface area contributed by atoms with Crippen molar-refractivity contribution >= 4 is 112 Å². The fourth-order valence-electron chi connectivity index (χ4n) is 7.38. The van der Waals surface area contributed by atoms with Crippen LogP contribution in [-0.4, -0.2) is 25.3 Å². The summed E-state index contributed by atoms with van der Waals surface area (Å²) >= 11 is 3.92. The van der Waals surface area contributed by atoms with E-state index in [-0.39, 0.29) is 0 Å². The Hall–Kier alpha value is -3.95. The lowest BCUT2D eigenvalue weighted by atomic mass is 10.1. The van der Waals surface area contributed by atoms with Crippen LogP contribution in [0.25, 0.3) is 73.8 Å². The highest BCUT2D eigenvalue weighted by molar-refractivity contribution is 7.28. The molecule has 0 unspecified atom stereocenters. The lowest BCUT2D eigenvalue weighted by molar-refractivity contribution is 1.18. The van der Waals surface area contributed by atoms with Gasteiger partial charge < -0.3 is 9.13 Å². The summed E-state index contributed by atoms with van der Waals surface area (Å²) in [6.07, 6.45) is 0. The number of fused-ring (bicyclic) bond motifs is 10.